The molecule has 2 aliphatic rings. The van der Waals surface area contributed by atoms with Crippen molar-refractivity contribution in [1.29, 1.82) is 0 Å². The van der Waals surface area contributed by atoms with Crippen molar-refractivity contribution in [3.8, 4) is 0 Å². The topological polar surface area (TPSA) is 29.5 Å². The predicted octanol–water partition coefficient (Wildman–Crippen LogP) is 2.46. The van der Waals surface area contributed by atoms with Crippen LogP contribution in [0.4, 0.5) is 0 Å². The molecule has 1 aliphatic carbocycles. The SMILES string of the molecule is COC(=O)[C@@H]1CC[C@@H]2C[C@H]1CN2Cc1ccccc1. The first-order valence-electron chi connectivity index (χ1n) is 7.13. The number of hydrogen-bond donors (Lipinski definition) is 0. The van der Waals surface area contributed by atoms with Crippen LogP contribution in [0.2, 0.25) is 0 Å². The molecule has 0 amide bonds. The van der Waals surface area contributed by atoms with E-state index >= 15 is 0 Å². The van der Waals surface area contributed by atoms with E-state index in [0.29, 0.717) is 12.0 Å². The lowest BCUT2D eigenvalue weighted by Crippen LogP contribution is -2.30. The second kappa shape index (κ2) is 5.33. The normalized spacial score (nSPS) is 30.3. The molecule has 0 aromatic heterocycles. The van der Waals surface area contributed by atoms with Crippen LogP contribution in [-0.4, -0.2) is 30.6 Å². The molecule has 3 rings (SSSR count). The van der Waals surface area contributed by atoms with Crippen LogP contribution in [0.15, 0.2) is 30.3 Å². The number of esters is 1. The number of nitrogens with zero attached hydrogens (tertiary/aromatic N) is 1. The maximum atomic E-state index is 11.8. The predicted molar refractivity (Wildman–Crippen MR) is 73.5 cm³/mol. The third-order valence-electron chi connectivity index (χ3n) is 4.67. The zero-order valence-electron chi connectivity index (χ0n) is 11.4. The lowest BCUT2D eigenvalue weighted by atomic mass is 9.80. The van der Waals surface area contributed by atoms with Gasteiger partial charge in [-0.05, 0) is 30.7 Å². The van der Waals surface area contributed by atoms with Gasteiger partial charge in [0.05, 0.1) is 13.0 Å². The van der Waals surface area contributed by atoms with Crippen LogP contribution in [0.3, 0.4) is 0 Å². The molecule has 3 nitrogen and oxygen atoms in total. The molecule has 102 valence electrons. The Bertz CT molecular complexity index is 445. The van der Waals surface area contributed by atoms with Crippen LogP contribution in [0.5, 0.6) is 0 Å². The molecule has 2 fully saturated rings. The molecule has 1 saturated heterocycles. The van der Waals surface area contributed by atoms with Crippen LogP contribution in [0.25, 0.3) is 0 Å². The largest absolute Gasteiger partial charge is 0.469 e. The van der Waals surface area contributed by atoms with Gasteiger partial charge >= 0.3 is 5.97 Å². The molecule has 19 heavy (non-hydrogen) atoms. The van der Waals surface area contributed by atoms with Gasteiger partial charge in [-0.1, -0.05) is 30.3 Å². The first-order chi connectivity index (χ1) is 9.28. The second-order valence-electron chi connectivity index (χ2n) is 5.77. The summed E-state index contributed by atoms with van der Waals surface area (Å²) in [6.07, 6.45) is 3.28. The van der Waals surface area contributed by atoms with E-state index < -0.39 is 0 Å². The first-order valence-corrected chi connectivity index (χ1v) is 7.13. The summed E-state index contributed by atoms with van der Waals surface area (Å²) in [7, 11) is 1.51. The van der Waals surface area contributed by atoms with Gasteiger partial charge in [-0.2, -0.15) is 0 Å². The molecule has 0 unspecified atom stereocenters. The summed E-state index contributed by atoms with van der Waals surface area (Å²) in [6, 6.07) is 11.3. The number of methoxy groups -OCH3 is 1. The second-order valence-corrected chi connectivity index (χ2v) is 5.77. The summed E-state index contributed by atoms with van der Waals surface area (Å²) in [5.41, 5.74) is 1.37. The Hall–Kier alpha value is -1.35. The van der Waals surface area contributed by atoms with E-state index in [4.69, 9.17) is 4.74 Å². The highest BCUT2D eigenvalue weighted by Gasteiger charge is 2.43. The third-order valence-corrected chi connectivity index (χ3v) is 4.67. The lowest BCUT2D eigenvalue weighted by Gasteiger charge is -2.27. The summed E-state index contributed by atoms with van der Waals surface area (Å²) in [5, 5.41) is 0. The average molecular weight is 259 g/mol. The highest BCUT2D eigenvalue weighted by atomic mass is 16.5. The quantitative estimate of drug-likeness (QED) is 0.781. The van der Waals surface area contributed by atoms with Crippen molar-refractivity contribution in [3.63, 3.8) is 0 Å². The zero-order valence-corrected chi connectivity index (χ0v) is 11.4. The minimum atomic E-state index is -0.00925. The van der Waals surface area contributed by atoms with Gasteiger partial charge in [0, 0.05) is 19.1 Å². The minimum Gasteiger partial charge on any atom is -0.469 e. The van der Waals surface area contributed by atoms with Crippen LogP contribution in [0, 0.1) is 11.8 Å². The Kier molecular flexibility index (Phi) is 3.56. The van der Waals surface area contributed by atoms with Crippen LogP contribution < -0.4 is 0 Å². The fourth-order valence-electron chi connectivity index (χ4n) is 3.70. The zero-order chi connectivity index (χ0) is 13.2. The maximum absolute atomic E-state index is 11.8. The summed E-state index contributed by atoms with van der Waals surface area (Å²) in [4.78, 5) is 14.3. The number of ether oxygens (including phenoxy) is 1. The van der Waals surface area contributed by atoms with E-state index in [1.165, 1.54) is 12.7 Å². The maximum Gasteiger partial charge on any atom is 0.308 e. The molecule has 1 heterocycles. The molecule has 1 aliphatic heterocycles. The van der Waals surface area contributed by atoms with Gasteiger partial charge in [-0.15, -0.1) is 0 Å². The number of carbonyl (C=O) groups excluding carboxylic acids is 1. The Morgan fingerprint density at radius 2 is 2.11 bits per heavy atom. The number of benzene rings is 1. The smallest absolute Gasteiger partial charge is 0.308 e. The molecule has 0 radical (unpaired) electrons. The van der Waals surface area contributed by atoms with Gasteiger partial charge in [0.15, 0.2) is 0 Å². The van der Waals surface area contributed by atoms with Crippen molar-refractivity contribution in [2.75, 3.05) is 13.7 Å². The molecule has 0 N–H and O–H groups in total. The van der Waals surface area contributed by atoms with Gasteiger partial charge in [-0.3, -0.25) is 9.69 Å². The van der Waals surface area contributed by atoms with Crippen LogP contribution in [0.1, 0.15) is 24.8 Å². The monoisotopic (exact) mass is 259 g/mol. The molecule has 3 heteroatoms. The molecule has 0 spiro atoms. The van der Waals surface area contributed by atoms with E-state index in [9.17, 15) is 4.79 Å². The molecule has 1 aromatic rings. The number of likely N-dealkylation sites (tertiary alicyclic amines) is 1. The lowest BCUT2D eigenvalue weighted by molar-refractivity contribution is -0.148. The van der Waals surface area contributed by atoms with E-state index in [-0.39, 0.29) is 11.9 Å². The average Bonchev–Trinajstić information content (AvgIpc) is 2.76. The van der Waals surface area contributed by atoms with Crippen molar-refractivity contribution in [2.24, 2.45) is 11.8 Å². The number of fused-ring (bicyclic) bond motifs is 2. The molecule has 3 atom stereocenters. The summed E-state index contributed by atoms with van der Waals surface area (Å²) in [6.45, 7) is 2.05. The van der Waals surface area contributed by atoms with Gasteiger partial charge in [0.2, 0.25) is 0 Å². The first kappa shape index (κ1) is 12.7. The number of hydrogen-bond acceptors (Lipinski definition) is 3. The number of carbonyl (C=O) groups is 1. The fourth-order valence-corrected chi connectivity index (χ4v) is 3.70. The van der Waals surface area contributed by atoms with E-state index in [1.54, 1.807) is 0 Å². The Labute approximate surface area is 114 Å². The Balaban J connectivity index is 1.66. The van der Waals surface area contributed by atoms with E-state index in [0.717, 1.165) is 32.4 Å². The van der Waals surface area contributed by atoms with E-state index in [1.807, 2.05) is 0 Å². The van der Waals surface area contributed by atoms with Crippen LogP contribution in [-0.2, 0) is 16.1 Å². The standard InChI is InChI=1S/C16H21NO2/c1-19-16(18)15-8-7-14-9-13(15)11-17(14)10-12-5-3-2-4-6-12/h2-6,13-15H,7-11H2,1H3/t13-,14+,15+/m0/s1. The molecular formula is C16H21NO2. The van der Waals surface area contributed by atoms with Gasteiger partial charge in [-0.25, -0.2) is 0 Å². The van der Waals surface area contributed by atoms with Crippen molar-refractivity contribution >= 4 is 5.97 Å². The van der Waals surface area contributed by atoms with E-state index in [2.05, 4.69) is 35.2 Å². The fraction of sp³-hybridized carbons (Fsp3) is 0.562. The molecule has 1 aromatic carbocycles. The van der Waals surface area contributed by atoms with Gasteiger partial charge < -0.3 is 4.74 Å². The highest BCUT2D eigenvalue weighted by molar-refractivity contribution is 5.73. The van der Waals surface area contributed by atoms with Crippen LogP contribution >= 0.6 is 0 Å². The van der Waals surface area contributed by atoms with Crippen molar-refractivity contribution in [3.05, 3.63) is 35.9 Å². The van der Waals surface area contributed by atoms with Crippen molar-refractivity contribution in [2.45, 2.75) is 31.8 Å². The summed E-state index contributed by atoms with van der Waals surface area (Å²) in [5.74, 6) is 0.613. The molecular weight excluding hydrogens is 238 g/mol. The van der Waals surface area contributed by atoms with Gasteiger partial charge in [0.25, 0.3) is 0 Å². The van der Waals surface area contributed by atoms with Crippen molar-refractivity contribution in [1.82, 2.24) is 4.90 Å². The number of rotatable bonds is 3. The molecule has 1 saturated carbocycles. The summed E-state index contributed by atoms with van der Waals surface area (Å²) < 4.78 is 4.94. The summed E-state index contributed by atoms with van der Waals surface area (Å²) >= 11 is 0. The highest BCUT2D eigenvalue weighted by Crippen LogP contribution is 2.40. The molecule has 2 bridgehead atoms. The third kappa shape index (κ3) is 2.52. The minimum absolute atomic E-state index is 0.00925. The van der Waals surface area contributed by atoms with Gasteiger partial charge in [0.1, 0.15) is 0 Å². The Morgan fingerprint density at radius 3 is 2.84 bits per heavy atom. The Morgan fingerprint density at radius 1 is 1.32 bits per heavy atom. The van der Waals surface area contributed by atoms with Crippen molar-refractivity contribution < 1.29 is 9.53 Å².